The highest BCUT2D eigenvalue weighted by molar-refractivity contribution is 7.91. The van der Waals surface area contributed by atoms with Crippen molar-refractivity contribution < 1.29 is 13.2 Å². The lowest BCUT2D eigenvalue weighted by atomic mass is 9.93. The van der Waals surface area contributed by atoms with Gasteiger partial charge in [0.05, 0.1) is 17.4 Å². The molecule has 3 atom stereocenters. The van der Waals surface area contributed by atoms with Crippen LogP contribution in [0.2, 0.25) is 0 Å². The van der Waals surface area contributed by atoms with E-state index in [0.717, 1.165) is 12.0 Å². The van der Waals surface area contributed by atoms with Crippen LogP contribution in [0, 0.1) is 5.92 Å². The van der Waals surface area contributed by atoms with E-state index in [-0.39, 0.29) is 47.8 Å². The van der Waals surface area contributed by atoms with Crippen LogP contribution in [0.5, 0.6) is 0 Å². The average Bonchev–Trinajstić information content (AvgIpc) is 2.91. The number of hydrogen-bond donors (Lipinski definition) is 1. The van der Waals surface area contributed by atoms with Crippen molar-refractivity contribution in [1.82, 2.24) is 4.90 Å². The number of amides is 1. The summed E-state index contributed by atoms with van der Waals surface area (Å²) in [5.74, 6) is -0.186. The summed E-state index contributed by atoms with van der Waals surface area (Å²) in [4.78, 5) is 14.6. The molecule has 1 saturated heterocycles. The predicted octanol–water partition coefficient (Wildman–Crippen LogP) is 2.17. The molecule has 1 aliphatic heterocycles. The van der Waals surface area contributed by atoms with E-state index >= 15 is 0 Å². The van der Waals surface area contributed by atoms with Gasteiger partial charge in [-0.2, -0.15) is 0 Å². The monoisotopic (exact) mass is 374 g/mol. The first-order valence-corrected chi connectivity index (χ1v) is 9.99. The fraction of sp³-hybridized carbons (Fsp3) is 0.588. The number of halogens is 1. The van der Waals surface area contributed by atoms with E-state index in [1.165, 1.54) is 0 Å². The highest BCUT2D eigenvalue weighted by Gasteiger charge is 2.36. The molecule has 0 aromatic heterocycles. The Morgan fingerprint density at radius 1 is 1.33 bits per heavy atom. The Bertz CT molecular complexity index is 636. The summed E-state index contributed by atoms with van der Waals surface area (Å²) >= 11 is 0. The lowest BCUT2D eigenvalue weighted by molar-refractivity contribution is -0.137. The van der Waals surface area contributed by atoms with Crippen LogP contribution in [-0.4, -0.2) is 43.3 Å². The molecular formula is C17H27ClN2O3S. The van der Waals surface area contributed by atoms with Gasteiger partial charge < -0.3 is 10.6 Å². The Kier molecular flexibility index (Phi) is 7.70. The molecule has 1 amide bonds. The first kappa shape index (κ1) is 20.9. The molecule has 5 nitrogen and oxygen atoms in total. The topological polar surface area (TPSA) is 80.5 Å². The van der Waals surface area contributed by atoms with Gasteiger partial charge in [-0.25, -0.2) is 8.42 Å². The molecule has 0 saturated carbocycles. The molecule has 1 aliphatic rings. The van der Waals surface area contributed by atoms with E-state index in [1.807, 2.05) is 44.2 Å². The smallest absolute Gasteiger partial charge is 0.227 e. The minimum Gasteiger partial charge on any atom is -0.338 e. The van der Waals surface area contributed by atoms with E-state index in [0.29, 0.717) is 13.0 Å². The zero-order valence-electron chi connectivity index (χ0n) is 14.2. The maximum Gasteiger partial charge on any atom is 0.227 e. The second-order valence-electron chi connectivity index (χ2n) is 6.31. The van der Waals surface area contributed by atoms with Gasteiger partial charge in [-0.15, -0.1) is 12.4 Å². The third kappa shape index (κ3) is 4.94. The largest absolute Gasteiger partial charge is 0.338 e. The molecular weight excluding hydrogens is 348 g/mol. The van der Waals surface area contributed by atoms with Gasteiger partial charge in [0.1, 0.15) is 0 Å². The van der Waals surface area contributed by atoms with Crippen LogP contribution in [0.1, 0.15) is 38.3 Å². The van der Waals surface area contributed by atoms with E-state index in [2.05, 4.69) is 0 Å². The summed E-state index contributed by atoms with van der Waals surface area (Å²) in [7, 11) is -3.02. The minimum absolute atomic E-state index is 0. The highest BCUT2D eigenvalue weighted by atomic mass is 35.5. The van der Waals surface area contributed by atoms with Crippen molar-refractivity contribution in [3.05, 3.63) is 35.9 Å². The molecule has 24 heavy (non-hydrogen) atoms. The summed E-state index contributed by atoms with van der Waals surface area (Å²) in [6.07, 6.45) is 1.33. The molecule has 3 unspecified atom stereocenters. The lowest BCUT2D eigenvalue weighted by Crippen LogP contribution is -2.46. The summed E-state index contributed by atoms with van der Waals surface area (Å²) in [5, 5.41) is 0. The normalized spacial score (nSPS) is 21.5. The molecule has 2 rings (SSSR count). The third-order valence-corrected chi connectivity index (χ3v) is 6.26. The third-order valence-electron chi connectivity index (χ3n) is 4.51. The molecule has 2 N–H and O–H groups in total. The van der Waals surface area contributed by atoms with Gasteiger partial charge in [0.2, 0.25) is 5.91 Å². The van der Waals surface area contributed by atoms with Crippen LogP contribution in [0.15, 0.2) is 30.3 Å². The van der Waals surface area contributed by atoms with E-state index < -0.39 is 9.84 Å². The van der Waals surface area contributed by atoms with Gasteiger partial charge in [-0.05, 0) is 18.4 Å². The number of carbonyl (C=O) groups excluding carboxylic acids is 1. The summed E-state index contributed by atoms with van der Waals surface area (Å²) in [6, 6.07) is 8.95. The van der Waals surface area contributed by atoms with Gasteiger partial charge in [-0.3, -0.25) is 4.79 Å². The van der Waals surface area contributed by atoms with Gasteiger partial charge >= 0.3 is 0 Å². The SMILES string of the molecule is CCCN(C(=O)C(C)C(N)c1ccccc1)C1CCS(=O)(=O)C1.Cl. The maximum atomic E-state index is 12.9. The van der Waals surface area contributed by atoms with Crippen LogP contribution < -0.4 is 5.73 Å². The molecule has 1 aromatic rings. The van der Waals surface area contributed by atoms with Crippen molar-refractivity contribution in [3.63, 3.8) is 0 Å². The van der Waals surface area contributed by atoms with Gasteiger partial charge in [0.25, 0.3) is 0 Å². The predicted molar refractivity (Wildman–Crippen MR) is 98.8 cm³/mol. The number of hydrogen-bond acceptors (Lipinski definition) is 4. The Balaban J connectivity index is 0.00000288. The minimum atomic E-state index is -3.02. The molecule has 1 fully saturated rings. The number of rotatable bonds is 6. The molecule has 0 bridgehead atoms. The van der Waals surface area contributed by atoms with Gasteiger partial charge in [-0.1, -0.05) is 44.2 Å². The van der Waals surface area contributed by atoms with Crippen LogP contribution in [-0.2, 0) is 14.6 Å². The van der Waals surface area contributed by atoms with E-state index in [9.17, 15) is 13.2 Å². The Labute approximate surface area is 150 Å². The number of benzene rings is 1. The summed E-state index contributed by atoms with van der Waals surface area (Å²) in [6.45, 7) is 4.39. The maximum absolute atomic E-state index is 12.9. The molecule has 0 radical (unpaired) electrons. The second-order valence-corrected chi connectivity index (χ2v) is 8.54. The standard InChI is InChI=1S/C17H26N2O3S.ClH/c1-3-10-19(15-9-11-23(21,22)12-15)17(20)13(2)16(18)14-7-5-4-6-8-14;/h4-8,13,15-16H,3,9-12,18H2,1-2H3;1H. The number of sulfone groups is 1. The first-order chi connectivity index (χ1) is 10.9. The van der Waals surface area contributed by atoms with Crippen molar-refractivity contribution in [2.24, 2.45) is 11.7 Å². The van der Waals surface area contributed by atoms with Crippen molar-refractivity contribution in [2.45, 2.75) is 38.8 Å². The van der Waals surface area contributed by atoms with Crippen LogP contribution in [0.3, 0.4) is 0 Å². The van der Waals surface area contributed by atoms with Crippen molar-refractivity contribution in [1.29, 1.82) is 0 Å². The Morgan fingerprint density at radius 2 is 1.96 bits per heavy atom. The zero-order chi connectivity index (χ0) is 17.0. The number of nitrogens with two attached hydrogens (primary N) is 1. The summed E-state index contributed by atoms with van der Waals surface area (Å²) < 4.78 is 23.5. The average molecular weight is 375 g/mol. The quantitative estimate of drug-likeness (QED) is 0.827. The zero-order valence-corrected chi connectivity index (χ0v) is 15.9. The van der Waals surface area contributed by atoms with Crippen LogP contribution in [0.25, 0.3) is 0 Å². The molecule has 1 aromatic carbocycles. The second kappa shape index (κ2) is 8.83. The van der Waals surface area contributed by atoms with Crippen LogP contribution in [0.4, 0.5) is 0 Å². The molecule has 136 valence electrons. The van der Waals surface area contributed by atoms with Crippen molar-refractivity contribution >= 4 is 28.2 Å². The van der Waals surface area contributed by atoms with Gasteiger partial charge in [0.15, 0.2) is 9.84 Å². The Hall–Kier alpha value is -1.11. The Morgan fingerprint density at radius 3 is 2.46 bits per heavy atom. The summed E-state index contributed by atoms with van der Waals surface area (Å²) in [5.41, 5.74) is 7.18. The number of nitrogens with zero attached hydrogens (tertiary/aromatic N) is 1. The number of carbonyl (C=O) groups is 1. The lowest BCUT2D eigenvalue weighted by Gasteiger charge is -2.32. The molecule has 1 heterocycles. The van der Waals surface area contributed by atoms with E-state index in [4.69, 9.17) is 5.73 Å². The van der Waals surface area contributed by atoms with E-state index in [1.54, 1.807) is 4.90 Å². The van der Waals surface area contributed by atoms with Gasteiger partial charge in [0, 0.05) is 18.6 Å². The molecule has 0 spiro atoms. The van der Waals surface area contributed by atoms with Crippen LogP contribution >= 0.6 is 12.4 Å². The highest BCUT2D eigenvalue weighted by Crippen LogP contribution is 2.25. The fourth-order valence-electron chi connectivity index (χ4n) is 3.11. The first-order valence-electron chi connectivity index (χ1n) is 8.17. The molecule has 7 heteroatoms. The van der Waals surface area contributed by atoms with Crippen molar-refractivity contribution in [2.75, 3.05) is 18.1 Å². The van der Waals surface area contributed by atoms with Crippen molar-refractivity contribution in [3.8, 4) is 0 Å². The molecule has 0 aliphatic carbocycles. The fourth-order valence-corrected chi connectivity index (χ4v) is 4.84.